The number of carbonyl (C=O) groups excluding carboxylic acids is 3. The first-order valence-corrected chi connectivity index (χ1v) is 9.77. The largest absolute Gasteiger partial charge is 0.490 e. The van der Waals surface area contributed by atoms with Gasteiger partial charge >= 0.3 is 6.03 Å². The maximum absolute atomic E-state index is 11.9. The van der Waals surface area contributed by atoms with Gasteiger partial charge in [0.25, 0.3) is 11.8 Å². The van der Waals surface area contributed by atoms with Gasteiger partial charge in [-0.1, -0.05) is 29.8 Å². The lowest BCUT2D eigenvalue weighted by atomic mass is 10.1. The lowest BCUT2D eigenvalue weighted by molar-refractivity contribution is -0.123. The van der Waals surface area contributed by atoms with E-state index in [1.54, 1.807) is 18.2 Å². The number of hydrogen-bond acceptors (Lipinski definition) is 5. The summed E-state index contributed by atoms with van der Waals surface area (Å²) in [4.78, 5) is 35.1. The van der Waals surface area contributed by atoms with E-state index >= 15 is 0 Å². The van der Waals surface area contributed by atoms with Gasteiger partial charge in [0.15, 0.2) is 11.5 Å². The highest BCUT2D eigenvalue weighted by atomic mass is 79.9. The van der Waals surface area contributed by atoms with Crippen LogP contribution in [0.3, 0.4) is 0 Å². The van der Waals surface area contributed by atoms with Crippen molar-refractivity contribution in [3.63, 3.8) is 0 Å². The highest BCUT2D eigenvalue weighted by Crippen LogP contribution is 2.38. The molecule has 0 bridgehead atoms. The van der Waals surface area contributed by atoms with Gasteiger partial charge in [-0.25, -0.2) is 4.79 Å². The molecule has 150 valence electrons. The molecule has 1 aliphatic heterocycles. The van der Waals surface area contributed by atoms with Crippen molar-refractivity contribution in [2.24, 2.45) is 0 Å². The third-order valence-electron chi connectivity index (χ3n) is 3.92. The van der Waals surface area contributed by atoms with E-state index in [0.717, 1.165) is 5.56 Å². The van der Waals surface area contributed by atoms with E-state index in [4.69, 9.17) is 21.1 Å². The molecule has 9 heteroatoms. The standard InChI is InChI=1S/C20H16BrClN2O5/c1-2-28-16-9-11(7-13-18(25)23-20(27)24-19(13)26)8-14(21)17(16)29-10-12-5-3-4-6-15(12)22/h3-9H,2,10H2,1H3,(H2,23,24,25,26,27). The van der Waals surface area contributed by atoms with Crippen LogP contribution in [-0.2, 0) is 16.2 Å². The SMILES string of the molecule is CCOc1cc(C=C2C(=O)NC(=O)NC2=O)cc(Br)c1OCc1ccccc1Cl. The summed E-state index contributed by atoms with van der Waals surface area (Å²) in [5.74, 6) is -0.658. The number of urea groups is 1. The zero-order valence-electron chi connectivity index (χ0n) is 15.3. The van der Waals surface area contributed by atoms with Crippen LogP contribution in [0.1, 0.15) is 18.1 Å². The summed E-state index contributed by atoms with van der Waals surface area (Å²) >= 11 is 9.61. The summed E-state index contributed by atoms with van der Waals surface area (Å²) in [5.41, 5.74) is 1.14. The Bertz CT molecular complexity index is 1000. The van der Waals surface area contributed by atoms with Gasteiger partial charge in [0.1, 0.15) is 12.2 Å². The van der Waals surface area contributed by atoms with Crippen LogP contribution < -0.4 is 20.1 Å². The number of carbonyl (C=O) groups is 3. The highest BCUT2D eigenvalue weighted by molar-refractivity contribution is 9.10. The lowest BCUT2D eigenvalue weighted by Crippen LogP contribution is -2.51. The predicted molar refractivity (Wildman–Crippen MR) is 111 cm³/mol. The summed E-state index contributed by atoms with van der Waals surface area (Å²) in [5, 5.41) is 4.65. The van der Waals surface area contributed by atoms with Crippen molar-refractivity contribution in [2.75, 3.05) is 6.61 Å². The van der Waals surface area contributed by atoms with E-state index in [2.05, 4.69) is 15.9 Å². The number of rotatable bonds is 6. The molecule has 2 N–H and O–H groups in total. The predicted octanol–water partition coefficient (Wildman–Crippen LogP) is 3.83. The minimum atomic E-state index is -0.850. The molecule has 0 saturated carbocycles. The summed E-state index contributed by atoms with van der Waals surface area (Å²) in [6, 6.07) is 9.80. The molecule has 0 unspecified atom stereocenters. The zero-order chi connectivity index (χ0) is 21.0. The molecule has 3 rings (SSSR count). The second-order valence-electron chi connectivity index (χ2n) is 5.94. The number of nitrogens with one attached hydrogen (secondary N) is 2. The average molecular weight is 480 g/mol. The van der Waals surface area contributed by atoms with Gasteiger partial charge in [0.2, 0.25) is 0 Å². The van der Waals surface area contributed by atoms with Crippen molar-refractivity contribution in [3.05, 3.63) is 62.6 Å². The molecule has 4 amide bonds. The zero-order valence-corrected chi connectivity index (χ0v) is 17.6. The van der Waals surface area contributed by atoms with Crippen LogP contribution in [-0.4, -0.2) is 24.5 Å². The minimum absolute atomic E-state index is 0.191. The van der Waals surface area contributed by atoms with Gasteiger partial charge in [-0.15, -0.1) is 0 Å². The van der Waals surface area contributed by atoms with Crippen molar-refractivity contribution < 1.29 is 23.9 Å². The summed E-state index contributed by atoms with van der Waals surface area (Å²) in [6.07, 6.45) is 1.36. The molecule has 2 aromatic rings. The van der Waals surface area contributed by atoms with E-state index in [9.17, 15) is 14.4 Å². The van der Waals surface area contributed by atoms with Crippen LogP contribution in [0, 0.1) is 0 Å². The van der Waals surface area contributed by atoms with Crippen molar-refractivity contribution in [2.45, 2.75) is 13.5 Å². The van der Waals surface area contributed by atoms with Crippen molar-refractivity contribution in [1.29, 1.82) is 0 Å². The van der Waals surface area contributed by atoms with Crippen molar-refractivity contribution in [1.82, 2.24) is 10.6 Å². The lowest BCUT2D eigenvalue weighted by Gasteiger charge is -2.16. The molecule has 1 fully saturated rings. The Morgan fingerprint density at radius 3 is 2.41 bits per heavy atom. The Labute approximate surface area is 180 Å². The number of hydrogen-bond donors (Lipinski definition) is 2. The van der Waals surface area contributed by atoms with Gasteiger partial charge < -0.3 is 9.47 Å². The molecule has 2 aromatic carbocycles. The molecule has 0 spiro atoms. The number of imide groups is 2. The van der Waals surface area contributed by atoms with E-state index in [1.807, 2.05) is 35.8 Å². The van der Waals surface area contributed by atoms with Gasteiger partial charge in [0, 0.05) is 10.6 Å². The topological polar surface area (TPSA) is 93.7 Å². The molecule has 7 nitrogen and oxygen atoms in total. The molecule has 29 heavy (non-hydrogen) atoms. The Kier molecular flexibility index (Phi) is 6.56. The molecule has 0 aliphatic carbocycles. The fourth-order valence-corrected chi connectivity index (χ4v) is 3.38. The second kappa shape index (κ2) is 9.11. The maximum Gasteiger partial charge on any atom is 0.328 e. The first-order chi connectivity index (χ1) is 13.9. The number of barbiturate groups is 1. The van der Waals surface area contributed by atoms with E-state index < -0.39 is 17.8 Å². The monoisotopic (exact) mass is 478 g/mol. The van der Waals surface area contributed by atoms with Gasteiger partial charge in [-0.05, 0) is 52.7 Å². The molecule has 1 heterocycles. The number of amides is 4. The van der Waals surface area contributed by atoms with Crippen LogP contribution in [0.15, 0.2) is 46.4 Å². The quantitative estimate of drug-likeness (QED) is 0.485. The fraction of sp³-hybridized carbons (Fsp3) is 0.150. The minimum Gasteiger partial charge on any atom is -0.490 e. The van der Waals surface area contributed by atoms with Crippen LogP contribution in [0.2, 0.25) is 5.02 Å². The molecular formula is C20H16BrClN2O5. The molecule has 1 saturated heterocycles. The Hall–Kier alpha value is -2.84. The molecule has 1 aliphatic rings. The van der Waals surface area contributed by atoms with E-state index in [-0.39, 0.29) is 12.2 Å². The highest BCUT2D eigenvalue weighted by Gasteiger charge is 2.28. The van der Waals surface area contributed by atoms with Gasteiger partial charge in [0.05, 0.1) is 11.1 Å². The first-order valence-electron chi connectivity index (χ1n) is 8.60. The first kappa shape index (κ1) is 20.9. The number of ether oxygens (including phenoxy) is 2. The summed E-state index contributed by atoms with van der Waals surface area (Å²) < 4.78 is 12.1. The van der Waals surface area contributed by atoms with Gasteiger partial charge in [-0.3, -0.25) is 20.2 Å². The average Bonchev–Trinajstić information content (AvgIpc) is 2.65. The fourth-order valence-electron chi connectivity index (χ4n) is 2.61. The van der Waals surface area contributed by atoms with Crippen LogP contribution in [0.25, 0.3) is 6.08 Å². The number of benzene rings is 2. The molecule has 0 radical (unpaired) electrons. The molecule has 0 aromatic heterocycles. The van der Waals surface area contributed by atoms with Crippen LogP contribution in [0.4, 0.5) is 4.79 Å². The van der Waals surface area contributed by atoms with Crippen LogP contribution >= 0.6 is 27.5 Å². The summed E-state index contributed by atoms with van der Waals surface area (Å²) in [6.45, 7) is 2.43. The Morgan fingerprint density at radius 2 is 1.76 bits per heavy atom. The third kappa shape index (κ3) is 4.96. The second-order valence-corrected chi connectivity index (χ2v) is 7.20. The van der Waals surface area contributed by atoms with E-state index in [0.29, 0.717) is 33.2 Å². The Balaban J connectivity index is 1.91. The normalized spacial score (nSPS) is 13.6. The smallest absolute Gasteiger partial charge is 0.328 e. The van der Waals surface area contributed by atoms with Crippen LogP contribution in [0.5, 0.6) is 11.5 Å². The van der Waals surface area contributed by atoms with E-state index in [1.165, 1.54) is 6.08 Å². The summed E-state index contributed by atoms with van der Waals surface area (Å²) in [7, 11) is 0. The van der Waals surface area contributed by atoms with Gasteiger partial charge in [-0.2, -0.15) is 0 Å². The molecular weight excluding hydrogens is 464 g/mol. The third-order valence-corrected chi connectivity index (χ3v) is 4.87. The van der Waals surface area contributed by atoms with Crippen molar-refractivity contribution in [3.8, 4) is 11.5 Å². The van der Waals surface area contributed by atoms with Crippen molar-refractivity contribution >= 4 is 51.5 Å². The number of halogens is 2. The maximum atomic E-state index is 11.9. The molecule has 0 atom stereocenters. The Morgan fingerprint density at radius 1 is 1.07 bits per heavy atom.